The molecule has 0 radical (unpaired) electrons. The predicted octanol–water partition coefficient (Wildman–Crippen LogP) is 1.93. The molecular weight excluding hydrogens is 609 g/mol. The molecule has 0 heterocycles. The van der Waals surface area contributed by atoms with Gasteiger partial charge in [0.2, 0.25) is 0 Å². The Kier molecular flexibility index (Phi) is 11.5. The zero-order chi connectivity index (χ0) is 15.6. The molecule has 0 N–H and O–H groups in total. The molecule has 0 bridgehead atoms. The first-order valence-electron chi connectivity index (χ1n) is 5.51. The van der Waals surface area contributed by atoms with Crippen LogP contribution in [0.3, 0.4) is 0 Å². The van der Waals surface area contributed by atoms with Gasteiger partial charge < -0.3 is 14.2 Å². The second-order valence-electron chi connectivity index (χ2n) is 4.19. The molecule has 0 saturated heterocycles. The molecular formula is C11H15I3O6. The van der Waals surface area contributed by atoms with Crippen molar-refractivity contribution in [2.45, 2.75) is 6.92 Å². The summed E-state index contributed by atoms with van der Waals surface area (Å²) in [5.41, 5.74) is -0.746. The minimum absolute atomic E-state index is 0.0257. The molecule has 0 aromatic carbocycles. The van der Waals surface area contributed by atoms with Gasteiger partial charge in [0.1, 0.15) is 19.8 Å². The maximum atomic E-state index is 11.2. The molecule has 0 aliphatic heterocycles. The first-order chi connectivity index (χ1) is 9.36. The molecule has 0 amide bonds. The Morgan fingerprint density at radius 1 is 0.750 bits per heavy atom. The van der Waals surface area contributed by atoms with E-state index >= 15 is 0 Å². The number of halogens is 3. The standard InChI is InChI=1S/C11H15I3O6/c1-11(5-18-8(15)2-12,6-19-9(16)3-13)7-20-10(17)4-14/h2-7H2,1H3. The lowest BCUT2D eigenvalue weighted by molar-refractivity contribution is -0.156. The van der Waals surface area contributed by atoms with E-state index in [0.717, 1.165) is 0 Å². The summed E-state index contributed by atoms with van der Waals surface area (Å²) in [6, 6.07) is 0. The van der Waals surface area contributed by atoms with Crippen LogP contribution in [0.2, 0.25) is 0 Å². The lowest BCUT2D eigenvalue weighted by atomic mass is 9.94. The van der Waals surface area contributed by atoms with E-state index in [1.54, 1.807) is 6.92 Å². The average molecular weight is 624 g/mol. The summed E-state index contributed by atoms with van der Waals surface area (Å²) in [5.74, 6) is -1.09. The van der Waals surface area contributed by atoms with Gasteiger partial charge in [0.05, 0.1) is 18.7 Å². The van der Waals surface area contributed by atoms with Gasteiger partial charge in [0.15, 0.2) is 0 Å². The summed E-state index contributed by atoms with van der Waals surface area (Å²) in [6.07, 6.45) is 0. The highest BCUT2D eigenvalue weighted by Gasteiger charge is 2.30. The Hall–Kier alpha value is 0.600. The Morgan fingerprint density at radius 3 is 1.20 bits per heavy atom. The molecule has 20 heavy (non-hydrogen) atoms. The van der Waals surface area contributed by atoms with E-state index in [2.05, 4.69) is 0 Å². The molecule has 0 spiro atoms. The first kappa shape index (κ1) is 20.6. The zero-order valence-corrected chi connectivity index (χ0v) is 17.3. The van der Waals surface area contributed by atoms with Gasteiger partial charge in [-0.1, -0.05) is 67.8 Å². The van der Waals surface area contributed by atoms with E-state index in [-0.39, 0.29) is 51.0 Å². The summed E-state index contributed by atoms with van der Waals surface area (Å²) in [7, 11) is 0. The molecule has 0 aliphatic rings. The van der Waals surface area contributed by atoms with E-state index in [0.29, 0.717) is 0 Å². The minimum Gasteiger partial charge on any atom is -0.464 e. The van der Waals surface area contributed by atoms with E-state index in [1.807, 2.05) is 67.8 Å². The van der Waals surface area contributed by atoms with Gasteiger partial charge in [-0.15, -0.1) is 0 Å². The summed E-state index contributed by atoms with van der Waals surface area (Å²) in [6.45, 7) is 1.81. The van der Waals surface area contributed by atoms with Crippen LogP contribution in [0.25, 0.3) is 0 Å². The quantitative estimate of drug-likeness (QED) is 0.169. The number of carbonyl (C=O) groups is 3. The maximum absolute atomic E-state index is 11.2. The predicted molar refractivity (Wildman–Crippen MR) is 97.6 cm³/mol. The van der Waals surface area contributed by atoms with Crippen LogP contribution in [0.15, 0.2) is 0 Å². The third-order valence-electron chi connectivity index (χ3n) is 2.07. The van der Waals surface area contributed by atoms with Gasteiger partial charge in [0.25, 0.3) is 0 Å². The van der Waals surface area contributed by atoms with E-state index in [1.165, 1.54) is 0 Å². The van der Waals surface area contributed by atoms with E-state index < -0.39 is 5.41 Å². The molecule has 0 aromatic heterocycles. The maximum Gasteiger partial charge on any atom is 0.315 e. The number of hydrogen-bond acceptors (Lipinski definition) is 6. The van der Waals surface area contributed by atoms with Crippen LogP contribution < -0.4 is 0 Å². The lowest BCUT2D eigenvalue weighted by Gasteiger charge is -2.27. The topological polar surface area (TPSA) is 78.9 Å². The molecule has 0 saturated carbocycles. The normalized spacial score (nSPS) is 10.8. The summed E-state index contributed by atoms with van der Waals surface area (Å²) in [4.78, 5) is 33.6. The smallest absolute Gasteiger partial charge is 0.315 e. The van der Waals surface area contributed by atoms with Gasteiger partial charge in [-0.2, -0.15) is 0 Å². The van der Waals surface area contributed by atoms with Crippen molar-refractivity contribution < 1.29 is 28.6 Å². The Labute approximate surface area is 158 Å². The number of rotatable bonds is 9. The van der Waals surface area contributed by atoms with Crippen LogP contribution >= 0.6 is 67.8 Å². The molecule has 9 heteroatoms. The molecule has 0 aliphatic carbocycles. The monoisotopic (exact) mass is 624 g/mol. The number of ether oxygens (including phenoxy) is 3. The number of esters is 3. The fraction of sp³-hybridized carbons (Fsp3) is 0.727. The van der Waals surface area contributed by atoms with Crippen LogP contribution in [-0.4, -0.2) is 51.0 Å². The van der Waals surface area contributed by atoms with Crippen LogP contribution in [0.5, 0.6) is 0 Å². The van der Waals surface area contributed by atoms with Crippen molar-refractivity contribution in [2.24, 2.45) is 5.41 Å². The largest absolute Gasteiger partial charge is 0.464 e. The highest BCUT2D eigenvalue weighted by atomic mass is 127. The molecule has 0 aromatic rings. The fourth-order valence-corrected chi connectivity index (χ4v) is 1.67. The average Bonchev–Trinajstić information content (AvgIpc) is 2.47. The Bertz CT molecular complexity index is 297. The van der Waals surface area contributed by atoms with Crippen molar-refractivity contribution in [3.05, 3.63) is 0 Å². The van der Waals surface area contributed by atoms with Crippen molar-refractivity contribution in [2.75, 3.05) is 33.1 Å². The number of carbonyl (C=O) groups excluding carboxylic acids is 3. The third-order valence-corrected chi connectivity index (χ3v) is 3.94. The summed E-state index contributed by atoms with van der Waals surface area (Å²) >= 11 is 5.68. The van der Waals surface area contributed by atoms with Crippen molar-refractivity contribution in [3.63, 3.8) is 0 Å². The lowest BCUT2D eigenvalue weighted by Crippen LogP contribution is -2.37. The second kappa shape index (κ2) is 11.2. The second-order valence-corrected chi connectivity index (χ2v) is 6.48. The van der Waals surface area contributed by atoms with E-state index in [9.17, 15) is 14.4 Å². The molecule has 0 atom stereocenters. The first-order valence-corrected chi connectivity index (χ1v) is 10.1. The molecule has 0 unspecified atom stereocenters. The van der Waals surface area contributed by atoms with E-state index in [4.69, 9.17) is 14.2 Å². The minimum atomic E-state index is -0.746. The highest BCUT2D eigenvalue weighted by Crippen LogP contribution is 2.19. The summed E-state index contributed by atoms with van der Waals surface area (Å²) in [5, 5.41) is 0. The Morgan fingerprint density at radius 2 is 1.00 bits per heavy atom. The fourth-order valence-electron chi connectivity index (χ4n) is 1.00. The molecule has 116 valence electrons. The van der Waals surface area contributed by atoms with Crippen LogP contribution in [-0.2, 0) is 28.6 Å². The third kappa shape index (κ3) is 9.52. The van der Waals surface area contributed by atoms with Gasteiger partial charge >= 0.3 is 17.9 Å². The van der Waals surface area contributed by atoms with Crippen molar-refractivity contribution >= 4 is 85.7 Å². The van der Waals surface area contributed by atoms with Gasteiger partial charge in [-0.05, 0) is 6.92 Å². The van der Waals surface area contributed by atoms with Gasteiger partial charge in [0, 0.05) is 0 Å². The van der Waals surface area contributed by atoms with Crippen molar-refractivity contribution in [1.82, 2.24) is 0 Å². The molecule has 6 nitrogen and oxygen atoms in total. The number of alkyl halides is 3. The van der Waals surface area contributed by atoms with Gasteiger partial charge in [-0.25, -0.2) is 0 Å². The van der Waals surface area contributed by atoms with Gasteiger partial charge in [-0.3, -0.25) is 14.4 Å². The van der Waals surface area contributed by atoms with Crippen molar-refractivity contribution in [1.29, 1.82) is 0 Å². The summed E-state index contributed by atoms with van der Waals surface area (Å²) < 4.78 is 15.9. The number of hydrogen-bond donors (Lipinski definition) is 0. The molecule has 0 fully saturated rings. The van der Waals surface area contributed by atoms with Crippen molar-refractivity contribution in [3.8, 4) is 0 Å². The van der Waals surface area contributed by atoms with Crippen LogP contribution in [0, 0.1) is 5.41 Å². The SMILES string of the molecule is CC(COC(=O)CI)(COC(=O)CI)COC(=O)CI. The van der Waals surface area contributed by atoms with Crippen LogP contribution in [0.1, 0.15) is 6.92 Å². The van der Waals surface area contributed by atoms with Crippen LogP contribution in [0.4, 0.5) is 0 Å². The Balaban J connectivity index is 4.51. The highest BCUT2D eigenvalue weighted by molar-refractivity contribution is 14.1. The zero-order valence-electron chi connectivity index (χ0n) is 10.8. The molecule has 0 rings (SSSR count).